The van der Waals surface area contributed by atoms with Crippen LogP contribution in [0.4, 0.5) is 4.79 Å². The first-order valence-corrected chi connectivity index (χ1v) is 12.6. The molecule has 174 valence electrons. The number of ether oxygens (including phenoxy) is 2. The first kappa shape index (κ1) is 22.7. The molecule has 8 atom stereocenters. The Labute approximate surface area is 187 Å². The van der Waals surface area contributed by atoms with Crippen LogP contribution < -0.4 is 0 Å². The number of hydrogen-bond donors (Lipinski definition) is 0. The molecule has 31 heavy (non-hydrogen) atoms. The van der Waals surface area contributed by atoms with Gasteiger partial charge in [0.1, 0.15) is 11.7 Å². The van der Waals surface area contributed by atoms with Gasteiger partial charge in [0, 0.05) is 12.0 Å². The van der Waals surface area contributed by atoms with Crippen LogP contribution in [0.1, 0.15) is 86.0 Å². The second kappa shape index (κ2) is 8.78. The van der Waals surface area contributed by atoms with Crippen LogP contribution in [-0.4, -0.2) is 40.8 Å². The van der Waals surface area contributed by atoms with E-state index in [0.717, 1.165) is 25.7 Å². The Morgan fingerprint density at radius 2 is 1.81 bits per heavy atom. The number of likely N-dealkylation sites (tertiary alicyclic amines) is 1. The molecule has 0 aromatic carbocycles. The van der Waals surface area contributed by atoms with E-state index in [2.05, 4.69) is 26.0 Å². The van der Waals surface area contributed by atoms with Gasteiger partial charge in [0.25, 0.3) is 0 Å². The zero-order chi connectivity index (χ0) is 22.3. The lowest BCUT2D eigenvalue weighted by molar-refractivity contribution is -0.144. The molecule has 0 unspecified atom stereocenters. The Hall–Kier alpha value is -1.52. The number of fused-ring (bicyclic) bond motifs is 2. The molecule has 4 rings (SSSR count). The van der Waals surface area contributed by atoms with Gasteiger partial charge < -0.3 is 9.47 Å². The van der Waals surface area contributed by atoms with Crippen LogP contribution in [-0.2, 0) is 14.3 Å². The summed E-state index contributed by atoms with van der Waals surface area (Å²) in [6.07, 6.45) is 13.6. The highest BCUT2D eigenvalue weighted by Crippen LogP contribution is 2.53. The summed E-state index contributed by atoms with van der Waals surface area (Å²) in [6.45, 7) is 9.97. The number of piperidine rings is 1. The van der Waals surface area contributed by atoms with E-state index in [-0.39, 0.29) is 42.1 Å². The molecule has 1 amide bonds. The van der Waals surface area contributed by atoms with E-state index < -0.39 is 5.60 Å². The topological polar surface area (TPSA) is 55.8 Å². The van der Waals surface area contributed by atoms with E-state index in [1.54, 1.807) is 0 Å². The fraction of sp³-hybridized carbons (Fsp3) is 0.846. The standard InChI is InChI=1S/C26H41NO4/c1-16-9-8-11-19(27(16)25(29)31-26(3,4)5)13-14-21-20-12-7-6-10-18(20)15-22-23(21)17(2)30-24(22)28/h13-14,16-23H,6-12,15H2,1-5H3/b14-13+/t16-,17-,18+,19+,20+,21-,22-,23+/m0/s1. The van der Waals surface area contributed by atoms with Crippen LogP contribution >= 0.6 is 0 Å². The summed E-state index contributed by atoms with van der Waals surface area (Å²) in [5, 5.41) is 0. The number of carbonyl (C=O) groups is 2. The summed E-state index contributed by atoms with van der Waals surface area (Å²) < 4.78 is 11.5. The zero-order valence-electron chi connectivity index (χ0n) is 20.0. The second-order valence-corrected chi connectivity index (χ2v) is 11.5. The SMILES string of the molecule is C[C@@H]1OC(=O)[C@H]2C[C@H]3CCCC[C@H]3[C@H](/C=C/[C@H]3CCC[C@H](C)N3C(=O)OC(C)(C)C)[C@@H]12. The first-order valence-electron chi connectivity index (χ1n) is 12.6. The molecule has 0 aromatic heterocycles. The van der Waals surface area contributed by atoms with Gasteiger partial charge in [-0.1, -0.05) is 31.4 Å². The van der Waals surface area contributed by atoms with Gasteiger partial charge in [0.2, 0.25) is 0 Å². The van der Waals surface area contributed by atoms with E-state index in [1.807, 2.05) is 25.7 Å². The van der Waals surface area contributed by atoms with Crippen LogP contribution in [0.15, 0.2) is 12.2 Å². The number of rotatable bonds is 2. The molecule has 2 saturated carbocycles. The van der Waals surface area contributed by atoms with Crippen molar-refractivity contribution in [1.29, 1.82) is 0 Å². The minimum atomic E-state index is -0.495. The highest BCUT2D eigenvalue weighted by molar-refractivity contribution is 5.75. The highest BCUT2D eigenvalue weighted by atomic mass is 16.6. The molecule has 0 N–H and O–H groups in total. The quantitative estimate of drug-likeness (QED) is 0.414. The van der Waals surface area contributed by atoms with Gasteiger partial charge in [0.15, 0.2) is 0 Å². The molecule has 2 saturated heterocycles. The number of esters is 1. The summed E-state index contributed by atoms with van der Waals surface area (Å²) in [5.74, 6) is 1.98. The Morgan fingerprint density at radius 3 is 2.55 bits per heavy atom. The van der Waals surface area contributed by atoms with Crippen molar-refractivity contribution >= 4 is 12.1 Å². The second-order valence-electron chi connectivity index (χ2n) is 11.5. The zero-order valence-corrected chi connectivity index (χ0v) is 20.0. The molecule has 0 bridgehead atoms. The van der Waals surface area contributed by atoms with Gasteiger partial charge in [-0.05, 0) is 84.5 Å². The Morgan fingerprint density at radius 1 is 1.06 bits per heavy atom. The summed E-state index contributed by atoms with van der Waals surface area (Å²) in [7, 11) is 0. The molecular weight excluding hydrogens is 390 g/mol. The minimum absolute atomic E-state index is 0.0118. The Bertz CT molecular complexity index is 711. The molecule has 0 radical (unpaired) electrons. The lowest BCUT2D eigenvalue weighted by Gasteiger charge is -2.46. The van der Waals surface area contributed by atoms with E-state index in [9.17, 15) is 9.59 Å². The molecule has 2 aliphatic heterocycles. The van der Waals surface area contributed by atoms with Gasteiger partial charge in [-0.3, -0.25) is 9.69 Å². The third-order valence-electron chi connectivity index (χ3n) is 8.19. The average Bonchev–Trinajstić information content (AvgIpc) is 2.97. The van der Waals surface area contributed by atoms with Gasteiger partial charge in [-0.2, -0.15) is 0 Å². The molecule has 0 spiro atoms. The van der Waals surface area contributed by atoms with Crippen LogP contribution in [0.2, 0.25) is 0 Å². The largest absolute Gasteiger partial charge is 0.462 e. The average molecular weight is 432 g/mol. The van der Waals surface area contributed by atoms with E-state index >= 15 is 0 Å². The van der Waals surface area contributed by atoms with Gasteiger partial charge in [0.05, 0.1) is 12.0 Å². The van der Waals surface area contributed by atoms with Gasteiger partial charge in [-0.15, -0.1) is 0 Å². The van der Waals surface area contributed by atoms with Gasteiger partial charge in [-0.25, -0.2) is 4.79 Å². The summed E-state index contributed by atoms with van der Waals surface area (Å²) in [5.41, 5.74) is -0.495. The first-order chi connectivity index (χ1) is 14.7. The lowest BCUT2D eigenvalue weighted by atomic mass is 9.57. The van der Waals surface area contributed by atoms with E-state index in [4.69, 9.17) is 9.47 Å². The monoisotopic (exact) mass is 431 g/mol. The van der Waals surface area contributed by atoms with Crippen molar-refractivity contribution in [2.75, 3.05) is 0 Å². The number of carbonyl (C=O) groups excluding carboxylic acids is 2. The third kappa shape index (κ3) is 4.66. The summed E-state index contributed by atoms with van der Waals surface area (Å²) in [4.78, 5) is 27.5. The van der Waals surface area contributed by atoms with Crippen molar-refractivity contribution in [2.45, 2.75) is 110 Å². The number of hydrogen-bond acceptors (Lipinski definition) is 4. The maximum atomic E-state index is 13.0. The lowest BCUT2D eigenvalue weighted by Crippen LogP contribution is -2.50. The van der Waals surface area contributed by atoms with Crippen molar-refractivity contribution in [3.63, 3.8) is 0 Å². The minimum Gasteiger partial charge on any atom is -0.462 e. The number of allylic oxidation sites excluding steroid dienone is 1. The van der Waals surface area contributed by atoms with Crippen molar-refractivity contribution in [2.24, 2.45) is 29.6 Å². The summed E-state index contributed by atoms with van der Waals surface area (Å²) >= 11 is 0. The number of cyclic esters (lactones) is 1. The maximum absolute atomic E-state index is 13.0. The van der Waals surface area contributed by atoms with Crippen molar-refractivity contribution in [3.05, 3.63) is 12.2 Å². The third-order valence-corrected chi connectivity index (χ3v) is 8.19. The highest BCUT2D eigenvalue weighted by Gasteiger charge is 2.53. The predicted octanol–water partition coefficient (Wildman–Crippen LogP) is 5.72. The number of amides is 1. The van der Waals surface area contributed by atoms with Crippen molar-refractivity contribution in [1.82, 2.24) is 4.90 Å². The Balaban J connectivity index is 1.57. The Kier molecular flexibility index (Phi) is 6.42. The molecule has 0 aromatic rings. The van der Waals surface area contributed by atoms with Crippen molar-refractivity contribution < 1.29 is 19.1 Å². The molecule has 5 heteroatoms. The normalized spacial score (nSPS) is 40.9. The smallest absolute Gasteiger partial charge is 0.411 e. The predicted molar refractivity (Wildman–Crippen MR) is 120 cm³/mol. The summed E-state index contributed by atoms with van der Waals surface area (Å²) in [6, 6.07) is 0.240. The number of nitrogens with zero attached hydrogens (tertiary/aromatic N) is 1. The van der Waals surface area contributed by atoms with Crippen molar-refractivity contribution in [3.8, 4) is 0 Å². The van der Waals surface area contributed by atoms with E-state index in [0.29, 0.717) is 17.8 Å². The molecule has 2 aliphatic carbocycles. The molecule has 5 nitrogen and oxygen atoms in total. The maximum Gasteiger partial charge on any atom is 0.411 e. The fourth-order valence-electron chi connectivity index (χ4n) is 6.89. The van der Waals surface area contributed by atoms with E-state index in [1.165, 1.54) is 25.7 Å². The molecule has 4 fully saturated rings. The molecular formula is C26H41NO4. The van der Waals surface area contributed by atoms with Crippen LogP contribution in [0.25, 0.3) is 0 Å². The fourth-order valence-corrected chi connectivity index (χ4v) is 6.89. The van der Waals surface area contributed by atoms with Crippen LogP contribution in [0.5, 0.6) is 0 Å². The molecule has 2 heterocycles. The van der Waals surface area contributed by atoms with Crippen LogP contribution in [0.3, 0.4) is 0 Å². The van der Waals surface area contributed by atoms with Crippen LogP contribution in [0, 0.1) is 29.6 Å². The van der Waals surface area contributed by atoms with Gasteiger partial charge >= 0.3 is 12.1 Å². The molecule has 4 aliphatic rings.